The normalized spacial score (nSPS) is 11.1. The molecular formula is C29H26O3. The third kappa shape index (κ3) is 4.42. The SMILES string of the molecule is COc1cc(/C=C/c2cccc3ccccc23)ccc1OC(=O)c1c(C)cc(C)cc1C. The van der Waals surface area contributed by atoms with Crippen molar-refractivity contribution in [2.75, 3.05) is 7.11 Å². The molecule has 0 spiro atoms. The number of esters is 1. The van der Waals surface area contributed by atoms with E-state index in [4.69, 9.17) is 9.47 Å². The van der Waals surface area contributed by atoms with Crippen LogP contribution in [0, 0.1) is 20.8 Å². The number of fused-ring (bicyclic) bond motifs is 1. The molecule has 0 saturated carbocycles. The monoisotopic (exact) mass is 422 g/mol. The topological polar surface area (TPSA) is 35.5 Å². The minimum Gasteiger partial charge on any atom is -0.493 e. The van der Waals surface area contributed by atoms with Crippen LogP contribution in [-0.4, -0.2) is 13.1 Å². The molecule has 0 bridgehead atoms. The first-order valence-electron chi connectivity index (χ1n) is 10.6. The highest BCUT2D eigenvalue weighted by molar-refractivity contribution is 5.95. The Morgan fingerprint density at radius 2 is 1.50 bits per heavy atom. The number of benzene rings is 4. The second-order valence-corrected chi connectivity index (χ2v) is 7.98. The molecule has 160 valence electrons. The van der Waals surface area contributed by atoms with Crippen molar-refractivity contribution in [3.8, 4) is 11.5 Å². The Balaban J connectivity index is 1.59. The maximum Gasteiger partial charge on any atom is 0.344 e. The lowest BCUT2D eigenvalue weighted by molar-refractivity contribution is 0.0728. The number of rotatable bonds is 5. The second kappa shape index (κ2) is 9.11. The quantitative estimate of drug-likeness (QED) is 0.194. The van der Waals surface area contributed by atoms with Crippen LogP contribution < -0.4 is 9.47 Å². The molecule has 0 atom stereocenters. The summed E-state index contributed by atoms with van der Waals surface area (Å²) in [5.74, 6) is 0.539. The molecule has 0 N–H and O–H groups in total. The Labute approximate surface area is 188 Å². The molecule has 0 aromatic heterocycles. The Kier molecular flexibility index (Phi) is 6.09. The molecule has 0 saturated heterocycles. The predicted octanol–water partition coefficient (Wildman–Crippen LogP) is 7.16. The highest BCUT2D eigenvalue weighted by Crippen LogP contribution is 2.31. The molecule has 0 aliphatic rings. The Morgan fingerprint density at radius 3 is 2.25 bits per heavy atom. The molecule has 0 unspecified atom stereocenters. The summed E-state index contributed by atoms with van der Waals surface area (Å²) in [7, 11) is 1.58. The van der Waals surface area contributed by atoms with Gasteiger partial charge in [-0.3, -0.25) is 0 Å². The molecule has 4 aromatic carbocycles. The standard InChI is InChI=1S/C29H26O3/c1-19-16-20(2)28(21(3)17-19)29(30)32-26-15-13-22(18-27(26)31-4)12-14-24-10-7-9-23-8-5-6-11-25(23)24/h5-18H,1-4H3/b14-12+. The fourth-order valence-electron chi connectivity index (χ4n) is 4.11. The summed E-state index contributed by atoms with van der Waals surface area (Å²) >= 11 is 0. The largest absolute Gasteiger partial charge is 0.493 e. The van der Waals surface area contributed by atoms with Gasteiger partial charge < -0.3 is 9.47 Å². The van der Waals surface area contributed by atoms with Gasteiger partial charge in [0.2, 0.25) is 0 Å². The molecule has 0 fully saturated rings. The lowest BCUT2D eigenvalue weighted by Crippen LogP contribution is -2.13. The van der Waals surface area contributed by atoms with Crippen molar-refractivity contribution in [3.63, 3.8) is 0 Å². The molecule has 32 heavy (non-hydrogen) atoms. The summed E-state index contributed by atoms with van der Waals surface area (Å²) in [5.41, 5.74) is 5.62. The summed E-state index contributed by atoms with van der Waals surface area (Å²) in [5, 5.41) is 2.41. The number of hydrogen-bond donors (Lipinski definition) is 0. The first-order chi connectivity index (χ1) is 15.5. The molecule has 3 nitrogen and oxygen atoms in total. The van der Waals surface area contributed by atoms with Crippen LogP contribution in [0.2, 0.25) is 0 Å². The van der Waals surface area contributed by atoms with Crippen LogP contribution in [0.4, 0.5) is 0 Å². The molecule has 0 heterocycles. The third-order valence-corrected chi connectivity index (χ3v) is 5.55. The van der Waals surface area contributed by atoms with Gasteiger partial charge in [0.1, 0.15) is 0 Å². The van der Waals surface area contributed by atoms with Crippen LogP contribution in [0.15, 0.2) is 72.8 Å². The Morgan fingerprint density at radius 1 is 0.781 bits per heavy atom. The predicted molar refractivity (Wildman–Crippen MR) is 131 cm³/mol. The van der Waals surface area contributed by atoms with E-state index < -0.39 is 0 Å². The van der Waals surface area contributed by atoms with E-state index in [1.807, 2.05) is 63.2 Å². The number of carbonyl (C=O) groups excluding carboxylic acids is 1. The van der Waals surface area contributed by atoms with E-state index in [1.54, 1.807) is 13.2 Å². The first-order valence-corrected chi connectivity index (χ1v) is 10.6. The van der Waals surface area contributed by atoms with E-state index in [9.17, 15) is 4.79 Å². The smallest absolute Gasteiger partial charge is 0.344 e. The molecule has 4 rings (SSSR count). The summed E-state index contributed by atoms with van der Waals surface area (Å²) in [6, 6.07) is 24.1. The number of aryl methyl sites for hydroxylation is 3. The van der Waals surface area contributed by atoms with Gasteiger partial charge >= 0.3 is 5.97 Å². The van der Waals surface area contributed by atoms with Crippen molar-refractivity contribution in [2.24, 2.45) is 0 Å². The van der Waals surface area contributed by atoms with Gasteiger partial charge in [-0.1, -0.05) is 78.4 Å². The number of ether oxygens (including phenoxy) is 2. The van der Waals surface area contributed by atoms with E-state index in [0.717, 1.165) is 27.8 Å². The molecular weight excluding hydrogens is 396 g/mol. The minimum atomic E-state index is -0.377. The lowest BCUT2D eigenvalue weighted by atomic mass is 10.00. The fraction of sp³-hybridized carbons (Fsp3) is 0.138. The number of carbonyl (C=O) groups is 1. The van der Waals surface area contributed by atoms with Gasteiger partial charge in [-0.2, -0.15) is 0 Å². The third-order valence-electron chi connectivity index (χ3n) is 5.55. The Bertz CT molecular complexity index is 1300. The zero-order valence-electron chi connectivity index (χ0n) is 18.8. The van der Waals surface area contributed by atoms with Crippen molar-refractivity contribution >= 4 is 28.9 Å². The molecule has 4 aromatic rings. The zero-order valence-corrected chi connectivity index (χ0v) is 18.8. The highest BCUT2D eigenvalue weighted by atomic mass is 16.6. The van der Waals surface area contributed by atoms with Crippen LogP contribution in [0.5, 0.6) is 11.5 Å². The van der Waals surface area contributed by atoms with E-state index in [2.05, 4.69) is 36.4 Å². The number of methoxy groups -OCH3 is 1. The van der Waals surface area contributed by atoms with E-state index >= 15 is 0 Å². The zero-order chi connectivity index (χ0) is 22.7. The van der Waals surface area contributed by atoms with Crippen molar-refractivity contribution in [2.45, 2.75) is 20.8 Å². The van der Waals surface area contributed by atoms with Gasteiger partial charge in [0.05, 0.1) is 12.7 Å². The van der Waals surface area contributed by atoms with Crippen LogP contribution >= 0.6 is 0 Å². The van der Waals surface area contributed by atoms with Gasteiger partial charge in [-0.25, -0.2) is 4.79 Å². The van der Waals surface area contributed by atoms with Crippen LogP contribution in [0.25, 0.3) is 22.9 Å². The summed E-state index contributed by atoms with van der Waals surface area (Å²) in [6.45, 7) is 5.87. The highest BCUT2D eigenvalue weighted by Gasteiger charge is 2.17. The fourth-order valence-corrected chi connectivity index (χ4v) is 4.11. The molecule has 0 aliphatic carbocycles. The summed E-state index contributed by atoms with van der Waals surface area (Å²) < 4.78 is 11.2. The van der Waals surface area contributed by atoms with Crippen LogP contribution in [0.3, 0.4) is 0 Å². The lowest BCUT2D eigenvalue weighted by Gasteiger charge is -2.13. The van der Waals surface area contributed by atoms with Gasteiger partial charge in [-0.15, -0.1) is 0 Å². The van der Waals surface area contributed by atoms with E-state index in [-0.39, 0.29) is 5.97 Å². The first kappa shape index (κ1) is 21.4. The van der Waals surface area contributed by atoms with Crippen LogP contribution in [0.1, 0.15) is 38.2 Å². The summed E-state index contributed by atoms with van der Waals surface area (Å²) in [6.07, 6.45) is 4.12. The van der Waals surface area contributed by atoms with Gasteiger partial charge in [0.15, 0.2) is 11.5 Å². The average Bonchev–Trinajstić information content (AvgIpc) is 2.77. The molecule has 0 amide bonds. The van der Waals surface area contributed by atoms with E-state index in [1.165, 1.54) is 10.8 Å². The summed E-state index contributed by atoms with van der Waals surface area (Å²) in [4.78, 5) is 12.9. The molecule has 3 heteroatoms. The minimum absolute atomic E-state index is 0.377. The molecule has 0 aliphatic heterocycles. The van der Waals surface area contributed by atoms with Crippen molar-refractivity contribution in [1.82, 2.24) is 0 Å². The van der Waals surface area contributed by atoms with Gasteiger partial charge in [-0.05, 0) is 65.9 Å². The number of hydrogen-bond acceptors (Lipinski definition) is 3. The van der Waals surface area contributed by atoms with Gasteiger partial charge in [0, 0.05) is 0 Å². The van der Waals surface area contributed by atoms with Crippen LogP contribution in [-0.2, 0) is 0 Å². The van der Waals surface area contributed by atoms with Crippen molar-refractivity contribution < 1.29 is 14.3 Å². The van der Waals surface area contributed by atoms with E-state index in [0.29, 0.717) is 17.1 Å². The maximum absolute atomic E-state index is 12.9. The van der Waals surface area contributed by atoms with Crippen molar-refractivity contribution in [1.29, 1.82) is 0 Å². The van der Waals surface area contributed by atoms with Gasteiger partial charge in [0.25, 0.3) is 0 Å². The molecule has 0 radical (unpaired) electrons. The second-order valence-electron chi connectivity index (χ2n) is 7.98. The average molecular weight is 423 g/mol. The maximum atomic E-state index is 12.9. The van der Waals surface area contributed by atoms with Crippen molar-refractivity contribution in [3.05, 3.63) is 106 Å². The Hall–Kier alpha value is -3.85.